The molecule has 2 heterocycles. The molecule has 0 aliphatic carbocycles. The highest BCUT2D eigenvalue weighted by Crippen LogP contribution is 2.28. The summed E-state index contributed by atoms with van der Waals surface area (Å²) in [5.41, 5.74) is 2.41. The first-order chi connectivity index (χ1) is 11.8. The quantitative estimate of drug-likeness (QED) is 0.893. The molecule has 1 aliphatic rings. The van der Waals surface area contributed by atoms with Crippen LogP contribution in [-0.4, -0.2) is 48.5 Å². The van der Waals surface area contributed by atoms with Crippen LogP contribution < -0.4 is 5.32 Å². The van der Waals surface area contributed by atoms with Crippen molar-refractivity contribution in [2.75, 3.05) is 20.1 Å². The van der Waals surface area contributed by atoms with Crippen molar-refractivity contribution in [3.05, 3.63) is 47.3 Å². The van der Waals surface area contributed by atoms with Gasteiger partial charge in [-0.05, 0) is 50.6 Å². The number of hydrogen-bond acceptors (Lipinski definition) is 4. The number of benzene rings is 1. The highest BCUT2D eigenvalue weighted by atomic mass is 32.2. The zero-order valence-electron chi connectivity index (χ0n) is 14.6. The molecule has 2 aromatic rings. The van der Waals surface area contributed by atoms with E-state index in [4.69, 9.17) is 0 Å². The first kappa shape index (κ1) is 17.6. The number of rotatable bonds is 4. The molecule has 1 aromatic heterocycles. The molecule has 1 N–H and O–H groups in total. The van der Waals surface area contributed by atoms with E-state index in [-0.39, 0.29) is 16.8 Å². The molecule has 1 unspecified atom stereocenters. The number of nitrogens with zero attached hydrogens (tertiary/aromatic N) is 3. The summed E-state index contributed by atoms with van der Waals surface area (Å²) in [7, 11) is -2.04. The summed E-state index contributed by atoms with van der Waals surface area (Å²) in [5, 5.41) is 6.99. The maximum Gasteiger partial charge on any atom is 0.251 e. The zero-order valence-corrected chi connectivity index (χ0v) is 15.4. The van der Waals surface area contributed by atoms with Gasteiger partial charge < -0.3 is 5.32 Å². The molecule has 1 amide bonds. The lowest BCUT2D eigenvalue weighted by atomic mass is 10.2. The third-order valence-electron chi connectivity index (χ3n) is 4.50. The van der Waals surface area contributed by atoms with Gasteiger partial charge in [-0.1, -0.05) is 0 Å². The summed E-state index contributed by atoms with van der Waals surface area (Å²) in [6, 6.07) is 8.07. The van der Waals surface area contributed by atoms with Gasteiger partial charge in [0.1, 0.15) is 0 Å². The Morgan fingerprint density at radius 3 is 2.48 bits per heavy atom. The Morgan fingerprint density at radius 2 is 1.92 bits per heavy atom. The molecular weight excluding hydrogens is 340 g/mol. The normalized spacial score (nSPS) is 18.4. The van der Waals surface area contributed by atoms with Crippen LogP contribution >= 0.6 is 0 Å². The second-order valence-corrected chi connectivity index (χ2v) is 8.22. The van der Waals surface area contributed by atoms with Crippen molar-refractivity contribution in [3.63, 3.8) is 0 Å². The first-order valence-corrected chi connectivity index (χ1v) is 9.62. The third-order valence-corrected chi connectivity index (χ3v) is 6.38. The van der Waals surface area contributed by atoms with Crippen LogP contribution in [0, 0.1) is 13.8 Å². The molecule has 1 fully saturated rings. The molecule has 25 heavy (non-hydrogen) atoms. The number of aromatic nitrogens is 2. The number of carbonyl (C=O) groups is 1. The highest BCUT2D eigenvalue weighted by Gasteiger charge is 2.34. The third kappa shape index (κ3) is 3.32. The van der Waals surface area contributed by atoms with Gasteiger partial charge in [0.05, 0.1) is 16.6 Å². The SMILES string of the molecule is CNC(=O)c1ccc(S(=O)(=O)N2CCC(n3nc(C)cc3C)C2)cc1. The molecule has 8 heteroatoms. The molecule has 3 rings (SSSR count). The van der Waals surface area contributed by atoms with Crippen molar-refractivity contribution < 1.29 is 13.2 Å². The van der Waals surface area contributed by atoms with E-state index in [2.05, 4.69) is 10.4 Å². The minimum Gasteiger partial charge on any atom is -0.355 e. The van der Waals surface area contributed by atoms with Gasteiger partial charge in [0.25, 0.3) is 5.91 Å². The predicted molar refractivity (Wildman–Crippen MR) is 93.9 cm³/mol. The maximum absolute atomic E-state index is 12.8. The zero-order chi connectivity index (χ0) is 18.2. The standard InChI is InChI=1S/C17H22N4O3S/c1-12-10-13(2)21(19-12)15-8-9-20(11-15)25(23,24)16-6-4-14(5-7-16)17(22)18-3/h4-7,10,15H,8-9,11H2,1-3H3,(H,18,22). The van der Waals surface area contributed by atoms with Crippen LogP contribution in [0.15, 0.2) is 35.2 Å². The highest BCUT2D eigenvalue weighted by molar-refractivity contribution is 7.89. The lowest BCUT2D eigenvalue weighted by Crippen LogP contribution is -2.29. The van der Waals surface area contributed by atoms with E-state index in [9.17, 15) is 13.2 Å². The summed E-state index contributed by atoms with van der Waals surface area (Å²) < 4.78 is 29.1. The number of aryl methyl sites for hydroxylation is 2. The number of sulfonamides is 1. The predicted octanol–water partition coefficient (Wildman–Crippen LogP) is 1.50. The maximum atomic E-state index is 12.8. The van der Waals surface area contributed by atoms with Gasteiger partial charge in [-0.25, -0.2) is 8.42 Å². The molecule has 0 saturated carbocycles. The summed E-state index contributed by atoms with van der Waals surface area (Å²) in [6.07, 6.45) is 0.734. The Hall–Kier alpha value is -2.19. The van der Waals surface area contributed by atoms with Crippen molar-refractivity contribution in [3.8, 4) is 0 Å². The molecule has 1 atom stereocenters. The van der Waals surface area contributed by atoms with Gasteiger partial charge in [0, 0.05) is 31.4 Å². The fourth-order valence-electron chi connectivity index (χ4n) is 3.22. The van der Waals surface area contributed by atoms with Crippen LogP contribution in [0.5, 0.6) is 0 Å². The first-order valence-electron chi connectivity index (χ1n) is 8.18. The Bertz CT molecular complexity index is 887. The largest absolute Gasteiger partial charge is 0.355 e. The van der Waals surface area contributed by atoms with Crippen molar-refractivity contribution in [1.82, 2.24) is 19.4 Å². The molecule has 134 valence electrons. The smallest absolute Gasteiger partial charge is 0.251 e. The lowest BCUT2D eigenvalue weighted by Gasteiger charge is -2.17. The molecular formula is C17H22N4O3S. The molecule has 1 saturated heterocycles. The minimum atomic E-state index is -3.57. The van der Waals surface area contributed by atoms with Gasteiger partial charge in [-0.15, -0.1) is 0 Å². The van der Waals surface area contributed by atoms with Crippen LogP contribution in [0.4, 0.5) is 0 Å². The van der Waals surface area contributed by atoms with Gasteiger partial charge >= 0.3 is 0 Å². The van der Waals surface area contributed by atoms with Crippen molar-refractivity contribution in [1.29, 1.82) is 0 Å². The summed E-state index contributed by atoms with van der Waals surface area (Å²) in [4.78, 5) is 11.8. The molecule has 1 aromatic carbocycles. The Morgan fingerprint density at radius 1 is 1.24 bits per heavy atom. The molecule has 7 nitrogen and oxygen atoms in total. The second kappa shape index (κ2) is 6.61. The van der Waals surface area contributed by atoms with E-state index in [1.54, 1.807) is 0 Å². The average Bonchev–Trinajstić information content (AvgIpc) is 3.21. The van der Waals surface area contributed by atoms with Crippen molar-refractivity contribution in [2.45, 2.75) is 31.2 Å². The van der Waals surface area contributed by atoms with Crippen LogP contribution in [0.1, 0.15) is 34.2 Å². The number of carbonyl (C=O) groups excluding carboxylic acids is 1. The van der Waals surface area contributed by atoms with Gasteiger partial charge in [0.2, 0.25) is 10.0 Å². The lowest BCUT2D eigenvalue weighted by molar-refractivity contribution is 0.0963. The summed E-state index contributed by atoms with van der Waals surface area (Å²) in [5.74, 6) is -0.241. The van der Waals surface area contributed by atoms with Crippen LogP contribution in [0.3, 0.4) is 0 Å². The van der Waals surface area contributed by atoms with Gasteiger partial charge in [-0.2, -0.15) is 9.40 Å². The minimum absolute atomic E-state index is 0.0496. The van der Waals surface area contributed by atoms with E-state index >= 15 is 0 Å². The van der Waals surface area contributed by atoms with E-state index in [0.717, 1.165) is 17.8 Å². The Balaban J connectivity index is 1.79. The Kier molecular flexibility index (Phi) is 4.66. The Labute approximate surface area is 147 Å². The monoisotopic (exact) mass is 362 g/mol. The fraction of sp³-hybridized carbons (Fsp3) is 0.412. The van der Waals surface area contributed by atoms with Crippen molar-refractivity contribution in [2.24, 2.45) is 0 Å². The van der Waals surface area contributed by atoms with Crippen molar-refractivity contribution >= 4 is 15.9 Å². The average molecular weight is 362 g/mol. The van der Waals surface area contributed by atoms with E-state index < -0.39 is 10.0 Å². The van der Waals surface area contributed by atoms with Gasteiger partial charge in [-0.3, -0.25) is 9.48 Å². The summed E-state index contributed by atoms with van der Waals surface area (Å²) >= 11 is 0. The molecule has 0 bridgehead atoms. The fourth-order valence-corrected chi connectivity index (χ4v) is 4.71. The topological polar surface area (TPSA) is 84.3 Å². The van der Waals surface area contributed by atoms with Crippen LogP contribution in [-0.2, 0) is 10.0 Å². The molecule has 1 aliphatic heterocycles. The number of nitrogens with one attached hydrogen (secondary N) is 1. The van der Waals surface area contributed by atoms with Gasteiger partial charge in [0.15, 0.2) is 0 Å². The van der Waals surface area contributed by atoms with Crippen LogP contribution in [0.25, 0.3) is 0 Å². The second-order valence-electron chi connectivity index (χ2n) is 6.28. The number of hydrogen-bond donors (Lipinski definition) is 1. The summed E-state index contributed by atoms with van der Waals surface area (Å²) in [6.45, 7) is 4.78. The van der Waals surface area contributed by atoms with E-state index in [1.165, 1.54) is 35.6 Å². The van der Waals surface area contributed by atoms with E-state index in [1.807, 2.05) is 24.6 Å². The van der Waals surface area contributed by atoms with E-state index in [0.29, 0.717) is 18.7 Å². The van der Waals surface area contributed by atoms with Crippen LogP contribution in [0.2, 0.25) is 0 Å². The molecule has 0 radical (unpaired) electrons. The number of amides is 1. The molecule has 0 spiro atoms.